The van der Waals surface area contributed by atoms with Gasteiger partial charge < -0.3 is 5.32 Å². The minimum atomic E-state index is 0.471. The molecule has 1 fully saturated rings. The third-order valence-corrected chi connectivity index (χ3v) is 4.73. The molecule has 1 aliphatic rings. The van der Waals surface area contributed by atoms with Gasteiger partial charge in [-0.15, -0.1) is 0 Å². The van der Waals surface area contributed by atoms with E-state index in [1.165, 1.54) is 43.2 Å². The van der Waals surface area contributed by atoms with Crippen molar-refractivity contribution >= 4 is 0 Å². The van der Waals surface area contributed by atoms with Gasteiger partial charge in [-0.05, 0) is 56.1 Å². The number of hydrogen-bond acceptors (Lipinski definition) is 1. The van der Waals surface area contributed by atoms with Gasteiger partial charge in [0.25, 0.3) is 0 Å². The summed E-state index contributed by atoms with van der Waals surface area (Å²) in [5, 5.41) is 3.88. The average Bonchev–Trinajstić information content (AvgIpc) is 2.38. The van der Waals surface area contributed by atoms with Crippen molar-refractivity contribution in [3.63, 3.8) is 0 Å². The summed E-state index contributed by atoms with van der Waals surface area (Å²) in [6.45, 7) is 9.24. The van der Waals surface area contributed by atoms with Crippen molar-refractivity contribution in [2.75, 3.05) is 0 Å². The third kappa shape index (κ3) is 4.34. The van der Waals surface area contributed by atoms with E-state index in [1.54, 1.807) is 0 Å². The lowest BCUT2D eigenvalue weighted by atomic mass is 9.81. The molecule has 3 atom stereocenters. The second-order valence-electron chi connectivity index (χ2n) is 7.10. The molecule has 20 heavy (non-hydrogen) atoms. The minimum absolute atomic E-state index is 0.471. The second-order valence-corrected chi connectivity index (χ2v) is 7.10. The monoisotopic (exact) mass is 273 g/mol. The van der Waals surface area contributed by atoms with Crippen LogP contribution in [0.2, 0.25) is 0 Å². The van der Waals surface area contributed by atoms with Gasteiger partial charge in [0.2, 0.25) is 0 Å². The zero-order chi connectivity index (χ0) is 14.5. The quantitative estimate of drug-likeness (QED) is 0.772. The van der Waals surface area contributed by atoms with E-state index >= 15 is 0 Å². The Morgan fingerprint density at radius 2 is 1.90 bits per heavy atom. The molecule has 0 aliphatic heterocycles. The predicted molar refractivity (Wildman–Crippen MR) is 87.9 cm³/mol. The smallest absolute Gasteiger partial charge is 0.0296 e. The van der Waals surface area contributed by atoms with E-state index in [9.17, 15) is 0 Å². The zero-order valence-corrected chi connectivity index (χ0v) is 13.7. The Morgan fingerprint density at radius 1 is 1.15 bits per heavy atom. The molecule has 0 amide bonds. The fourth-order valence-electron chi connectivity index (χ4n) is 3.84. The lowest BCUT2D eigenvalue weighted by Gasteiger charge is -2.33. The predicted octanol–water partition coefficient (Wildman–Crippen LogP) is 5.25. The van der Waals surface area contributed by atoms with Crippen LogP contribution in [0.25, 0.3) is 0 Å². The Bertz CT molecular complexity index is 410. The fraction of sp³-hybridized carbons (Fsp3) is 0.684. The molecule has 1 aliphatic carbocycles. The molecule has 1 heteroatoms. The van der Waals surface area contributed by atoms with Gasteiger partial charge in [-0.25, -0.2) is 0 Å². The van der Waals surface area contributed by atoms with E-state index in [2.05, 4.69) is 57.3 Å². The number of benzene rings is 1. The average molecular weight is 273 g/mol. The molecule has 0 bridgehead atoms. The van der Waals surface area contributed by atoms with Crippen LogP contribution in [0.15, 0.2) is 24.3 Å². The van der Waals surface area contributed by atoms with Gasteiger partial charge in [0.05, 0.1) is 0 Å². The molecule has 1 aromatic carbocycles. The first-order valence-electron chi connectivity index (χ1n) is 8.37. The molecular weight excluding hydrogens is 242 g/mol. The highest BCUT2D eigenvalue weighted by Gasteiger charge is 2.24. The number of nitrogens with one attached hydrogen (secondary N) is 1. The van der Waals surface area contributed by atoms with E-state index in [4.69, 9.17) is 0 Å². The van der Waals surface area contributed by atoms with Crippen molar-refractivity contribution < 1.29 is 0 Å². The highest BCUT2D eigenvalue weighted by atomic mass is 14.9. The molecule has 1 nitrogen and oxygen atoms in total. The highest BCUT2D eigenvalue weighted by molar-refractivity contribution is 5.28. The lowest BCUT2D eigenvalue weighted by molar-refractivity contribution is 0.242. The van der Waals surface area contributed by atoms with Crippen LogP contribution in [0.3, 0.4) is 0 Å². The molecule has 0 radical (unpaired) electrons. The molecule has 2 unspecified atom stereocenters. The van der Waals surface area contributed by atoms with Crippen molar-refractivity contribution in [1.82, 2.24) is 5.32 Å². The summed E-state index contributed by atoms with van der Waals surface area (Å²) in [5.74, 6) is 1.78. The Morgan fingerprint density at radius 3 is 2.60 bits per heavy atom. The Kier molecular flexibility index (Phi) is 5.65. The number of hydrogen-bond donors (Lipinski definition) is 1. The van der Waals surface area contributed by atoms with Crippen LogP contribution in [0.1, 0.15) is 70.0 Å². The van der Waals surface area contributed by atoms with Crippen molar-refractivity contribution in [2.24, 2.45) is 11.8 Å². The Labute approximate surface area is 125 Å². The van der Waals surface area contributed by atoms with Crippen LogP contribution < -0.4 is 5.32 Å². The fourth-order valence-corrected chi connectivity index (χ4v) is 3.84. The highest BCUT2D eigenvalue weighted by Crippen LogP contribution is 2.30. The molecule has 0 saturated heterocycles. The molecule has 0 heterocycles. The maximum atomic E-state index is 3.88. The molecular formula is C19H31N. The SMILES string of the molecule is Cc1ccccc1[C@H](C)NC1CCCC(CC(C)C)C1. The van der Waals surface area contributed by atoms with Gasteiger partial charge >= 0.3 is 0 Å². The normalized spacial score (nSPS) is 24.9. The van der Waals surface area contributed by atoms with E-state index in [-0.39, 0.29) is 0 Å². The van der Waals surface area contributed by atoms with E-state index < -0.39 is 0 Å². The first-order chi connectivity index (χ1) is 9.56. The van der Waals surface area contributed by atoms with E-state index in [1.807, 2.05) is 0 Å². The van der Waals surface area contributed by atoms with Crippen LogP contribution in [0.4, 0.5) is 0 Å². The largest absolute Gasteiger partial charge is 0.307 e. The maximum Gasteiger partial charge on any atom is 0.0296 e. The lowest BCUT2D eigenvalue weighted by Crippen LogP contribution is -2.36. The standard InChI is InChI=1S/C19H31N/c1-14(2)12-17-9-7-10-18(13-17)20-16(4)19-11-6-5-8-15(19)3/h5-6,8,11,14,16-18,20H,7,9-10,12-13H2,1-4H3/t16-,17?,18?/m0/s1. The molecule has 1 saturated carbocycles. The minimum Gasteiger partial charge on any atom is -0.307 e. The van der Waals surface area contributed by atoms with E-state index in [0.29, 0.717) is 12.1 Å². The summed E-state index contributed by atoms with van der Waals surface area (Å²) in [4.78, 5) is 0. The van der Waals surface area contributed by atoms with Crippen molar-refractivity contribution in [3.05, 3.63) is 35.4 Å². The molecule has 0 spiro atoms. The van der Waals surface area contributed by atoms with Gasteiger partial charge in [-0.2, -0.15) is 0 Å². The summed E-state index contributed by atoms with van der Waals surface area (Å²) in [6, 6.07) is 9.95. The van der Waals surface area contributed by atoms with Crippen LogP contribution in [-0.4, -0.2) is 6.04 Å². The van der Waals surface area contributed by atoms with E-state index in [0.717, 1.165) is 11.8 Å². The van der Waals surface area contributed by atoms with Gasteiger partial charge in [0, 0.05) is 12.1 Å². The van der Waals surface area contributed by atoms with Crippen LogP contribution in [-0.2, 0) is 0 Å². The van der Waals surface area contributed by atoms with Crippen LogP contribution >= 0.6 is 0 Å². The van der Waals surface area contributed by atoms with Gasteiger partial charge in [-0.1, -0.05) is 51.0 Å². The topological polar surface area (TPSA) is 12.0 Å². The number of rotatable bonds is 5. The van der Waals surface area contributed by atoms with Gasteiger partial charge in [0.1, 0.15) is 0 Å². The molecule has 1 N–H and O–H groups in total. The third-order valence-electron chi connectivity index (χ3n) is 4.73. The summed E-state index contributed by atoms with van der Waals surface area (Å²) in [6.07, 6.45) is 6.96. The molecule has 1 aromatic rings. The molecule has 112 valence electrons. The maximum absolute atomic E-state index is 3.88. The van der Waals surface area contributed by atoms with Crippen LogP contribution in [0.5, 0.6) is 0 Å². The number of aryl methyl sites for hydroxylation is 1. The zero-order valence-electron chi connectivity index (χ0n) is 13.7. The van der Waals surface area contributed by atoms with Crippen molar-refractivity contribution in [2.45, 2.75) is 71.9 Å². The van der Waals surface area contributed by atoms with Crippen molar-refractivity contribution in [1.29, 1.82) is 0 Å². The summed E-state index contributed by atoms with van der Waals surface area (Å²) in [7, 11) is 0. The summed E-state index contributed by atoms with van der Waals surface area (Å²) in [5.41, 5.74) is 2.86. The van der Waals surface area contributed by atoms with Crippen LogP contribution in [0, 0.1) is 18.8 Å². The first kappa shape index (κ1) is 15.6. The molecule has 2 rings (SSSR count). The second kappa shape index (κ2) is 7.26. The van der Waals surface area contributed by atoms with Gasteiger partial charge in [0.15, 0.2) is 0 Å². The van der Waals surface area contributed by atoms with Gasteiger partial charge in [-0.3, -0.25) is 0 Å². The summed E-state index contributed by atoms with van der Waals surface area (Å²) >= 11 is 0. The first-order valence-corrected chi connectivity index (χ1v) is 8.37. The Balaban J connectivity index is 1.91. The van der Waals surface area contributed by atoms with Crippen molar-refractivity contribution in [3.8, 4) is 0 Å². The molecule has 0 aromatic heterocycles. The summed E-state index contributed by atoms with van der Waals surface area (Å²) < 4.78 is 0. The Hall–Kier alpha value is -0.820.